The van der Waals surface area contributed by atoms with Gasteiger partial charge in [-0.3, -0.25) is 4.79 Å². The Balaban J connectivity index is 2.30. The van der Waals surface area contributed by atoms with Crippen LogP contribution in [-0.4, -0.2) is 38.8 Å². The quantitative estimate of drug-likeness (QED) is 0.734. The smallest absolute Gasteiger partial charge is 0.251 e. The third-order valence-corrected chi connectivity index (χ3v) is 2.62. The molecule has 4 heteroatoms. The zero-order valence-corrected chi connectivity index (χ0v) is 11.1. The first kappa shape index (κ1) is 14.7. The largest absolute Gasteiger partial charge is 0.377 e. The second-order valence-electron chi connectivity index (χ2n) is 4.05. The van der Waals surface area contributed by atoms with Crippen molar-refractivity contribution in [1.29, 1.82) is 0 Å². The van der Waals surface area contributed by atoms with E-state index in [0.29, 0.717) is 18.7 Å². The minimum Gasteiger partial charge on any atom is -0.377 e. The molecule has 1 aromatic rings. The number of hydrogen-bond donors (Lipinski definition) is 2. The predicted octanol–water partition coefficient (Wildman–Crippen LogP) is 1.43. The van der Waals surface area contributed by atoms with Crippen molar-refractivity contribution in [1.82, 2.24) is 10.6 Å². The van der Waals surface area contributed by atoms with E-state index in [1.165, 1.54) is 0 Å². The average Bonchev–Trinajstić information content (AvgIpc) is 2.40. The van der Waals surface area contributed by atoms with E-state index in [4.69, 9.17) is 4.74 Å². The summed E-state index contributed by atoms with van der Waals surface area (Å²) in [6.45, 7) is 4.10. The lowest BCUT2D eigenvalue weighted by molar-refractivity contribution is 0.0576. The zero-order chi connectivity index (χ0) is 13.2. The third-order valence-electron chi connectivity index (χ3n) is 2.62. The zero-order valence-electron chi connectivity index (χ0n) is 11.1. The van der Waals surface area contributed by atoms with Crippen molar-refractivity contribution in [2.24, 2.45) is 0 Å². The van der Waals surface area contributed by atoms with Gasteiger partial charge in [0.05, 0.1) is 6.10 Å². The Labute approximate surface area is 109 Å². The normalized spacial score (nSPS) is 12.1. The summed E-state index contributed by atoms with van der Waals surface area (Å²) in [5.41, 5.74) is 0.694. The lowest BCUT2D eigenvalue weighted by atomic mass is 10.2. The van der Waals surface area contributed by atoms with Crippen LogP contribution in [0.15, 0.2) is 30.3 Å². The molecule has 0 spiro atoms. The lowest BCUT2D eigenvalue weighted by Crippen LogP contribution is -2.32. The van der Waals surface area contributed by atoms with Gasteiger partial charge in [0.25, 0.3) is 5.91 Å². The molecule has 0 fully saturated rings. The summed E-state index contributed by atoms with van der Waals surface area (Å²) in [5.74, 6) is -0.0321. The maximum absolute atomic E-state index is 11.8. The maximum atomic E-state index is 11.8. The van der Waals surface area contributed by atoms with E-state index in [1.807, 2.05) is 44.3 Å². The fraction of sp³-hybridized carbons (Fsp3) is 0.500. The van der Waals surface area contributed by atoms with Crippen LogP contribution in [-0.2, 0) is 4.74 Å². The van der Waals surface area contributed by atoms with Crippen molar-refractivity contribution < 1.29 is 9.53 Å². The van der Waals surface area contributed by atoms with Crippen molar-refractivity contribution in [2.45, 2.75) is 19.4 Å². The van der Waals surface area contributed by atoms with Crippen LogP contribution in [0.5, 0.6) is 0 Å². The molecular formula is C14H22N2O2. The molecule has 1 atom stereocenters. The van der Waals surface area contributed by atoms with Crippen LogP contribution < -0.4 is 10.6 Å². The summed E-state index contributed by atoms with van der Waals surface area (Å²) >= 11 is 0. The van der Waals surface area contributed by atoms with Gasteiger partial charge in [-0.25, -0.2) is 0 Å². The van der Waals surface area contributed by atoms with Crippen LogP contribution in [0.3, 0.4) is 0 Å². The van der Waals surface area contributed by atoms with Gasteiger partial charge in [0.1, 0.15) is 0 Å². The van der Waals surface area contributed by atoms with Gasteiger partial charge < -0.3 is 15.4 Å². The molecule has 0 heterocycles. The number of likely N-dealkylation sites (N-methyl/N-ethyl adjacent to an activating group) is 1. The number of carbonyl (C=O) groups excluding carboxylic acids is 1. The van der Waals surface area contributed by atoms with Crippen molar-refractivity contribution in [3.63, 3.8) is 0 Å². The average molecular weight is 250 g/mol. The Hall–Kier alpha value is -1.39. The number of rotatable bonds is 8. The van der Waals surface area contributed by atoms with Crippen LogP contribution >= 0.6 is 0 Å². The van der Waals surface area contributed by atoms with E-state index in [0.717, 1.165) is 13.0 Å². The van der Waals surface area contributed by atoms with Crippen molar-refractivity contribution in [2.75, 3.05) is 26.7 Å². The van der Waals surface area contributed by atoms with Crippen LogP contribution in [0.25, 0.3) is 0 Å². The van der Waals surface area contributed by atoms with Crippen molar-refractivity contribution in [3.05, 3.63) is 35.9 Å². The SMILES string of the molecule is CCOC(CCNC(=O)c1ccccc1)CNC. The molecule has 0 aliphatic rings. The molecule has 18 heavy (non-hydrogen) atoms. The molecule has 0 saturated heterocycles. The predicted molar refractivity (Wildman–Crippen MR) is 72.7 cm³/mol. The Kier molecular flexibility index (Phi) is 7.06. The molecule has 0 aliphatic carbocycles. The second-order valence-corrected chi connectivity index (χ2v) is 4.05. The molecule has 100 valence electrons. The first-order valence-corrected chi connectivity index (χ1v) is 6.37. The molecule has 1 amide bonds. The Morgan fingerprint density at radius 3 is 2.67 bits per heavy atom. The highest BCUT2D eigenvalue weighted by Crippen LogP contribution is 1.99. The van der Waals surface area contributed by atoms with Gasteiger partial charge in [-0.15, -0.1) is 0 Å². The summed E-state index contributed by atoms with van der Waals surface area (Å²) in [7, 11) is 1.90. The Morgan fingerprint density at radius 2 is 2.06 bits per heavy atom. The van der Waals surface area contributed by atoms with Crippen molar-refractivity contribution in [3.8, 4) is 0 Å². The fourth-order valence-electron chi connectivity index (χ4n) is 1.75. The minimum absolute atomic E-state index is 0.0321. The molecule has 0 saturated carbocycles. The minimum atomic E-state index is -0.0321. The Morgan fingerprint density at radius 1 is 1.33 bits per heavy atom. The van der Waals surface area contributed by atoms with E-state index in [2.05, 4.69) is 10.6 Å². The van der Waals surface area contributed by atoms with E-state index < -0.39 is 0 Å². The molecule has 0 radical (unpaired) electrons. The van der Waals surface area contributed by atoms with Crippen LogP contribution in [0.1, 0.15) is 23.7 Å². The molecular weight excluding hydrogens is 228 g/mol. The number of nitrogens with one attached hydrogen (secondary N) is 2. The third kappa shape index (κ3) is 5.29. The van der Waals surface area contributed by atoms with Gasteiger partial charge in [0, 0.05) is 25.3 Å². The second kappa shape index (κ2) is 8.66. The molecule has 1 aromatic carbocycles. The van der Waals surface area contributed by atoms with Crippen molar-refractivity contribution >= 4 is 5.91 Å². The number of benzene rings is 1. The van der Waals surface area contributed by atoms with E-state index >= 15 is 0 Å². The van der Waals surface area contributed by atoms with E-state index in [1.54, 1.807) is 0 Å². The Bertz CT molecular complexity index is 335. The summed E-state index contributed by atoms with van der Waals surface area (Å²) in [6, 6.07) is 9.23. The summed E-state index contributed by atoms with van der Waals surface area (Å²) in [5, 5.41) is 5.98. The van der Waals surface area contributed by atoms with Gasteiger partial charge in [-0.1, -0.05) is 18.2 Å². The number of hydrogen-bond acceptors (Lipinski definition) is 3. The standard InChI is InChI=1S/C14H22N2O2/c1-3-18-13(11-15-2)9-10-16-14(17)12-7-5-4-6-8-12/h4-8,13,15H,3,9-11H2,1-2H3,(H,16,17). The maximum Gasteiger partial charge on any atom is 0.251 e. The molecule has 2 N–H and O–H groups in total. The number of carbonyl (C=O) groups is 1. The highest BCUT2D eigenvalue weighted by atomic mass is 16.5. The van der Waals surface area contributed by atoms with Crippen LogP contribution in [0, 0.1) is 0 Å². The monoisotopic (exact) mass is 250 g/mol. The summed E-state index contributed by atoms with van der Waals surface area (Å²) in [6.07, 6.45) is 0.962. The highest BCUT2D eigenvalue weighted by molar-refractivity contribution is 5.94. The highest BCUT2D eigenvalue weighted by Gasteiger charge is 2.08. The van der Waals surface area contributed by atoms with Crippen LogP contribution in [0.2, 0.25) is 0 Å². The summed E-state index contributed by atoms with van der Waals surface area (Å²) in [4.78, 5) is 11.8. The lowest BCUT2D eigenvalue weighted by Gasteiger charge is -2.16. The number of amides is 1. The summed E-state index contributed by atoms with van der Waals surface area (Å²) < 4.78 is 5.56. The molecule has 0 aromatic heterocycles. The first-order valence-electron chi connectivity index (χ1n) is 6.37. The molecule has 0 aliphatic heterocycles. The number of ether oxygens (including phenoxy) is 1. The first-order chi connectivity index (χ1) is 8.77. The fourth-order valence-corrected chi connectivity index (χ4v) is 1.75. The van der Waals surface area contributed by atoms with Crippen LogP contribution in [0.4, 0.5) is 0 Å². The van der Waals surface area contributed by atoms with Gasteiger partial charge in [-0.2, -0.15) is 0 Å². The molecule has 0 bridgehead atoms. The van der Waals surface area contributed by atoms with Gasteiger partial charge in [0.2, 0.25) is 0 Å². The van der Waals surface area contributed by atoms with Gasteiger partial charge in [0.15, 0.2) is 0 Å². The molecule has 1 rings (SSSR count). The molecule has 4 nitrogen and oxygen atoms in total. The van der Waals surface area contributed by atoms with E-state index in [9.17, 15) is 4.79 Å². The molecule has 1 unspecified atom stereocenters. The van der Waals surface area contributed by atoms with Gasteiger partial charge in [-0.05, 0) is 32.5 Å². The topological polar surface area (TPSA) is 50.4 Å². The van der Waals surface area contributed by atoms with E-state index in [-0.39, 0.29) is 12.0 Å². The van der Waals surface area contributed by atoms with Gasteiger partial charge >= 0.3 is 0 Å².